The molecule has 2 aromatic rings. The molecular weight excluding hydrogens is 416 g/mol. The van der Waals surface area contributed by atoms with E-state index in [1.807, 2.05) is 0 Å². The van der Waals surface area contributed by atoms with Crippen LogP contribution in [0.2, 0.25) is 0 Å². The van der Waals surface area contributed by atoms with Crippen molar-refractivity contribution in [2.75, 3.05) is 20.3 Å². The van der Waals surface area contributed by atoms with E-state index in [-0.39, 0.29) is 19.2 Å². The fourth-order valence-electron chi connectivity index (χ4n) is 2.28. The van der Waals surface area contributed by atoms with Gasteiger partial charge < -0.3 is 14.8 Å². The van der Waals surface area contributed by atoms with Gasteiger partial charge in [0.25, 0.3) is 5.91 Å². The summed E-state index contributed by atoms with van der Waals surface area (Å²) < 4.78 is 87.5. The number of rotatable bonds is 5. The van der Waals surface area contributed by atoms with Gasteiger partial charge >= 0.3 is 12.4 Å². The Bertz CT molecular complexity index is 925. The number of hydrogen-bond donors (Lipinski definition) is 1. The molecule has 0 saturated carbocycles. The van der Waals surface area contributed by atoms with E-state index in [2.05, 4.69) is 17.2 Å². The lowest BCUT2D eigenvalue weighted by molar-refractivity contribution is -0.143. The number of halogens is 6. The van der Waals surface area contributed by atoms with E-state index in [1.54, 1.807) is 24.3 Å². The second kappa shape index (κ2) is 9.43. The van der Waals surface area contributed by atoms with Gasteiger partial charge in [0.15, 0.2) is 11.5 Å². The zero-order valence-corrected chi connectivity index (χ0v) is 15.4. The highest BCUT2D eigenvalue weighted by atomic mass is 19.4. The number of methoxy groups -OCH3 is 1. The van der Waals surface area contributed by atoms with Crippen molar-refractivity contribution in [2.24, 2.45) is 0 Å². The van der Waals surface area contributed by atoms with Crippen molar-refractivity contribution in [1.29, 1.82) is 0 Å². The molecule has 0 heterocycles. The van der Waals surface area contributed by atoms with Gasteiger partial charge in [-0.3, -0.25) is 4.79 Å². The van der Waals surface area contributed by atoms with Gasteiger partial charge in [0, 0.05) is 5.56 Å². The maximum atomic E-state index is 12.8. The summed E-state index contributed by atoms with van der Waals surface area (Å²) in [6, 6.07) is 7.43. The van der Waals surface area contributed by atoms with E-state index in [9.17, 15) is 31.1 Å². The van der Waals surface area contributed by atoms with Crippen LogP contribution in [0, 0.1) is 11.8 Å². The van der Waals surface area contributed by atoms with Crippen molar-refractivity contribution in [1.82, 2.24) is 5.32 Å². The molecule has 0 fully saturated rings. The fourth-order valence-corrected chi connectivity index (χ4v) is 2.28. The molecule has 0 saturated heterocycles. The van der Waals surface area contributed by atoms with Crippen molar-refractivity contribution >= 4 is 5.91 Å². The van der Waals surface area contributed by atoms with Crippen molar-refractivity contribution in [3.05, 3.63) is 59.2 Å². The second-order valence-corrected chi connectivity index (χ2v) is 5.77. The van der Waals surface area contributed by atoms with E-state index in [4.69, 9.17) is 9.47 Å². The molecule has 1 N–H and O–H groups in total. The zero-order valence-electron chi connectivity index (χ0n) is 15.4. The molecule has 2 rings (SSSR count). The first-order valence-corrected chi connectivity index (χ1v) is 8.31. The number of hydrogen-bond acceptors (Lipinski definition) is 3. The van der Waals surface area contributed by atoms with E-state index >= 15 is 0 Å². The summed E-state index contributed by atoms with van der Waals surface area (Å²) in [7, 11) is 1.46. The van der Waals surface area contributed by atoms with Gasteiger partial charge in [-0.1, -0.05) is 24.0 Å². The van der Waals surface area contributed by atoms with Gasteiger partial charge in [0.05, 0.1) is 24.8 Å². The Hall–Kier alpha value is -3.35. The molecule has 0 aromatic heterocycles. The molecule has 1 amide bonds. The Morgan fingerprint density at radius 2 is 1.50 bits per heavy atom. The van der Waals surface area contributed by atoms with Gasteiger partial charge in [0.1, 0.15) is 6.61 Å². The van der Waals surface area contributed by atoms with Crippen LogP contribution >= 0.6 is 0 Å². The van der Waals surface area contributed by atoms with E-state index in [0.717, 1.165) is 0 Å². The molecular formula is C20H15F6NO3. The summed E-state index contributed by atoms with van der Waals surface area (Å²) in [6.45, 7) is -0.371. The van der Waals surface area contributed by atoms with Crippen molar-refractivity contribution in [3.63, 3.8) is 0 Å². The van der Waals surface area contributed by atoms with Crippen LogP contribution in [0.1, 0.15) is 21.5 Å². The van der Waals surface area contributed by atoms with E-state index < -0.39 is 35.0 Å². The SMILES string of the molecule is COc1ccccc1OCC#CCNC(=O)c1cc(C(F)(F)F)cc(C(F)(F)F)c1. The highest BCUT2D eigenvalue weighted by molar-refractivity contribution is 5.94. The quantitative estimate of drug-likeness (QED) is 0.559. The lowest BCUT2D eigenvalue weighted by Crippen LogP contribution is -2.25. The third-order valence-corrected chi connectivity index (χ3v) is 3.68. The summed E-state index contributed by atoms with van der Waals surface area (Å²) in [4.78, 5) is 12.0. The maximum Gasteiger partial charge on any atom is 0.416 e. The van der Waals surface area contributed by atoms with E-state index in [1.165, 1.54) is 7.11 Å². The largest absolute Gasteiger partial charge is 0.493 e. The summed E-state index contributed by atoms with van der Waals surface area (Å²) >= 11 is 0. The van der Waals surface area contributed by atoms with Crippen LogP contribution in [0.25, 0.3) is 0 Å². The highest BCUT2D eigenvalue weighted by Crippen LogP contribution is 2.36. The number of para-hydroxylation sites is 2. The minimum absolute atomic E-state index is 0.0498. The zero-order chi connectivity index (χ0) is 22.4. The number of ether oxygens (including phenoxy) is 2. The Morgan fingerprint density at radius 1 is 0.933 bits per heavy atom. The standard InChI is InChI=1S/C20H15F6NO3/c1-29-16-6-2-3-7-17(16)30-9-5-4-8-27-18(28)13-10-14(19(21,22)23)12-15(11-13)20(24,25)26/h2-3,6-7,10-12H,8-9H2,1H3,(H,27,28). The van der Waals surface area contributed by atoms with Gasteiger partial charge in [-0.25, -0.2) is 0 Å². The maximum absolute atomic E-state index is 12.8. The molecule has 0 bridgehead atoms. The molecule has 160 valence electrons. The summed E-state index contributed by atoms with van der Waals surface area (Å²) in [5.74, 6) is 4.85. The molecule has 0 aliphatic heterocycles. The van der Waals surface area contributed by atoms with Crippen LogP contribution in [0.4, 0.5) is 26.3 Å². The average molecular weight is 431 g/mol. The van der Waals surface area contributed by atoms with Gasteiger partial charge in [-0.2, -0.15) is 26.3 Å². The second-order valence-electron chi connectivity index (χ2n) is 5.77. The van der Waals surface area contributed by atoms with Gasteiger partial charge in [-0.15, -0.1) is 0 Å². The Labute approximate surface area is 167 Å². The van der Waals surface area contributed by atoms with Crippen LogP contribution in [-0.2, 0) is 12.4 Å². The number of benzene rings is 2. The highest BCUT2D eigenvalue weighted by Gasteiger charge is 2.37. The molecule has 0 radical (unpaired) electrons. The molecule has 0 atom stereocenters. The molecule has 4 nitrogen and oxygen atoms in total. The lowest BCUT2D eigenvalue weighted by Gasteiger charge is -2.13. The Morgan fingerprint density at radius 3 is 2.03 bits per heavy atom. The lowest BCUT2D eigenvalue weighted by atomic mass is 10.0. The number of amides is 1. The normalized spacial score (nSPS) is 11.3. The smallest absolute Gasteiger partial charge is 0.416 e. The number of nitrogens with one attached hydrogen (secondary N) is 1. The van der Waals surface area contributed by atoms with Crippen LogP contribution in [0.3, 0.4) is 0 Å². The van der Waals surface area contributed by atoms with Crippen LogP contribution in [0.5, 0.6) is 11.5 Å². The van der Waals surface area contributed by atoms with Crippen molar-refractivity contribution in [2.45, 2.75) is 12.4 Å². The number of carbonyl (C=O) groups excluding carboxylic acids is 1. The fraction of sp³-hybridized carbons (Fsp3) is 0.250. The first-order chi connectivity index (χ1) is 14.0. The van der Waals surface area contributed by atoms with Gasteiger partial charge in [0.2, 0.25) is 0 Å². The van der Waals surface area contributed by atoms with Crippen LogP contribution in [0.15, 0.2) is 42.5 Å². The number of carbonyl (C=O) groups is 1. The minimum atomic E-state index is -5.04. The van der Waals surface area contributed by atoms with Crippen molar-refractivity contribution < 1.29 is 40.6 Å². The summed E-state index contributed by atoms with van der Waals surface area (Å²) in [5.41, 5.74) is -3.92. The van der Waals surface area contributed by atoms with Crippen LogP contribution < -0.4 is 14.8 Å². The molecule has 0 unspecified atom stereocenters. The van der Waals surface area contributed by atoms with E-state index in [0.29, 0.717) is 23.6 Å². The molecule has 10 heteroatoms. The predicted molar refractivity (Wildman–Crippen MR) is 95.0 cm³/mol. The monoisotopic (exact) mass is 431 g/mol. The Balaban J connectivity index is 2.01. The predicted octanol–water partition coefficient (Wildman–Crippen LogP) is 4.55. The molecule has 2 aromatic carbocycles. The third kappa shape index (κ3) is 6.34. The average Bonchev–Trinajstić information content (AvgIpc) is 2.69. The first kappa shape index (κ1) is 22.9. The van der Waals surface area contributed by atoms with Crippen molar-refractivity contribution in [3.8, 4) is 23.3 Å². The first-order valence-electron chi connectivity index (χ1n) is 8.31. The third-order valence-electron chi connectivity index (χ3n) is 3.68. The molecule has 0 spiro atoms. The minimum Gasteiger partial charge on any atom is -0.493 e. The number of alkyl halides is 6. The topological polar surface area (TPSA) is 47.6 Å². The molecule has 0 aliphatic carbocycles. The van der Waals surface area contributed by atoms with Crippen LogP contribution in [-0.4, -0.2) is 26.2 Å². The summed E-state index contributed by atoms with van der Waals surface area (Å²) in [6.07, 6.45) is -10.1. The van der Waals surface area contributed by atoms with Gasteiger partial charge in [-0.05, 0) is 30.3 Å². The molecule has 30 heavy (non-hydrogen) atoms. The molecule has 0 aliphatic rings. The summed E-state index contributed by atoms with van der Waals surface area (Å²) in [5, 5.41) is 2.15. The Kier molecular flexibility index (Phi) is 7.21.